The minimum Gasteiger partial charge on any atom is -0.481 e. The van der Waals surface area contributed by atoms with E-state index in [4.69, 9.17) is 0 Å². The van der Waals surface area contributed by atoms with Crippen molar-refractivity contribution in [3.8, 4) is 0 Å². The van der Waals surface area contributed by atoms with E-state index >= 15 is 0 Å². The van der Waals surface area contributed by atoms with E-state index in [2.05, 4.69) is 0 Å². The molecule has 0 aliphatic rings. The summed E-state index contributed by atoms with van der Waals surface area (Å²) in [6, 6.07) is 0. The minimum atomic E-state index is -1.15. The Morgan fingerprint density at radius 1 is 0.857 bits per heavy atom. The van der Waals surface area contributed by atoms with Gasteiger partial charge < -0.3 is 10.2 Å². The molecule has 0 amide bonds. The first-order valence-electron chi connectivity index (χ1n) is 8.25. The molecule has 0 radical (unpaired) electrons. The molecule has 0 spiro atoms. The van der Waals surface area contributed by atoms with Gasteiger partial charge in [0.2, 0.25) is 0 Å². The van der Waals surface area contributed by atoms with Crippen molar-refractivity contribution in [2.24, 2.45) is 23.2 Å². The van der Waals surface area contributed by atoms with Gasteiger partial charge in [-0.2, -0.15) is 0 Å². The van der Waals surface area contributed by atoms with Crippen LogP contribution in [0.1, 0.15) is 73.1 Å². The largest absolute Gasteiger partial charge is 0.481 e. The minimum absolute atomic E-state index is 0.261. The third-order valence-electron chi connectivity index (χ3n) is 5.24. The van der Waals surface area contributed by atoms with Crippen LogP contribution in [0.3, 0.4) is 0 Å². The second kappa shape index (κ2) is 9.06. The molecule has 0 aliphatic heterocycles. The Bertz CT molecular complexity index is 316. The van der Waals surface area contributed by atoms with Crippen molar-refractivity contribution in [1.29, 1.82) is 0 Å². The highest BCUT2D eigenvalue weighted by Gasteiger charge is 2.48. The average molecular weight is 300 g/mol. The Labute approximate surface area is 128 Å². The van der Waals surface area contributed by atoms with Crippen LogP contribution in [0.2, 0.25) is 0 Å². The molecule has 0 bridgehead atoms. The van der Waals surface area contributed by atoms with Gasteiger partial charge in [-0.3, -0.25) is 9.59 Å². The van der Waals surface area contributed by atoms with Gasteiger partial charge in [-0.1, -0.05) is 60.3 Å². The molecule has 0 aromatic carbocycles. The van der Waals surface area contributed by atoms with Crippen LogP contribution < -0.4 is 0 Å². The summed E-state index contributed by atoms with van der Waals surface area (Å²) in [5, 5.41) is 19.3. The molecule has 0 saturated carbocycles. The predicted octanol–water partition coefficient (Wildman–Crippen LogP) is 4.43. The van der Waals surface area contributed by atoms with Crippen LogP contribution in [0.25, 0.3) is 0 Å². The van der Waals surface area contributed by atoms with Gasteiger partial charge in [-0.05, 0) is 24.7 Å². The predicted molar refractivity (Wildman–Crippen MR) is 84.2 cm³/mol. The van der Waals surface area contributed by atoms with Gasteiger partial charge in [0.1, 0.15) is 0 Å². The van der Waals surface area contributed by atoms with E-state index in [1.165, 1.54) is 0 Å². The second-order valence-electron chi connectivity index (χ2n) is 6.29. The maximum Gasteiger partial charge on any atom is 0.310 e. The van der Waals surface area contributed by atoms with Crippen molar-refractivity contribution in [2.45, 2.75) is 73.1 Å². The standard InChI is InChI=1S/C17H32O4/c1-6-13(7-2)10-17(16(20)21,12(5)15(18)19)11-14(8-3)9-4/h12-14H,6-11H2,1-5H3,(H,18,19)(H,20,21). The van der Waals surface area contributed by atoms with E-state index in [0.717, 1.165) is 25.7 Å². The molecule has 0 heterocycles. The van der Waals surface area contributed by atoms with E-state index in [1.54, 1.807) is 6.92 Å². The monoisotopic (exact) mass is 300 g/mol. The zero-order valence-electron chi connectivity index (χ0n) is 14.2. The third-order valence-corrected chi connectivity index (χ3v) is 5.24. The number of rotatable bonds is 11. The van der Waals surface area contributed by atoms with Crippen molar-refractivity contribution in [2.75, 3.05) is 0 Å². The van der Waals surface area contributed by atoms with Gasteiger partial charge in [-0.25, -0.2) is 0 Å². The SMILES string of the molecule is CCC(CC)CC(CC(CC)CC)(C(=O)O)C(C)C(=O)O. The van der Waals surface area contributed by atoms with E-state index < -0.39 is 23.3 Å². The smallest absolute Gasteiger partial charge is 0.310 e. The van der Waals surface area contributed by atoms with Gasteiger partial charge in [0, 0.05) is 0 Å². The van der Waals surface area contributed by atoms with Crippen LogP contribution >= 0.6 is 0 Å². The molecule has 0 aromatic rings. The lowest BCUT2D eigenvalue weighted by Gasteiger charge is -2.38. The number of hydrogen-bond acceptors (Lipinski definition) is 2. The van der Waals surface area contributed by atoms with E-state index in [0.29, 0.717) is 12.8 Å². The Morgan fingerprint density at radius 3 is 1.38 bits per heavy atom. The van der Waals surface area contributed by atoms with Crippen LogP contribution in [-0.4, -0.2) is 22.2 Å². The zero-order chi connectivity index (χ0) is 16.6. The summed E-state index contributed by atoms with van der Waals surface area (Å²) in [6.45, 7) is 9.74. The van der Waals surface area contributed by atoms with Crippen molar-refractivity contribution in [1.82, 2.24) is 0 Å². The normalized spacial score (nSPS) is 13.7. The number of carboxylic acid groups (broad SMARTS) is 2. The summed E-state index contributed by atoms with van der Waals surface area (Å²) in [5.74, 6) is -2.30. The molecule has 0 rings (SSSR count). The Kier molecular flexibility index (Phi) is 8.60. The fraction of sp³-hybridized carbons (Fsp3) is 0.882. The molecule has 0 aliphatic carbocycles. The van der Waals surface area contributed by atoms with Crippen LogP contribution in [-0.2, 0) is 9.59 Å². The van der Waals surface area contributed by atoms with Crippen LogP contribution in [0.5, 0.6) is 0 Å². The van der Waals surface area contributed by atoms with E-state index in [1.807, 2.05) is 27.7 Å². The van der Waals surface area contributed by atoms with Crippen LogP contribution in [0.15, 0.2) is 0 Å². The molecule has 0 fully saturated rings. The molecular formula is C17H32O4. The summed E-state index contributed by atoms with van der Waals surface area (Å²) in [6.07, 6.45) is 4.47. The Hall–Kier alpha value is -1.06. The van der Waals surface area contributed by atoms with Gasteiger partial charge in [0.05, 0.1) is 11.3 Å². The summed E-state index contributed by atoms with van der Waals surface area (Å²) in [5.41, 5.74) is -1.15. The first kappa shape index (κ1) is 19.9. The third kappa shape index (κ3) is 5.01. The molecule has 0 saturated heterocycles. The highest BCUT2D eigenvalue weighted by Crippen LogP contribution is 2.44. The molecule has 4 nitrogen and oxygen atoms in total. The highest BCUT2D eigenvalue weighted by molar-refractivity contribution is 5.83. The number of hydrogen-bond donors (Lipinski definition) is 2. The number of aliphatic carboxylic acids is 2. The summed E-state index contributed by atoms with van der Waals surface area (Å²) in [4.78, 5) is 23.5. The lowest BCUT2D eigenvalue weighted by molar-refractivity contribution is -0.165. The lowest BCUT2D eigenvalue weighted by Crippen LogP contribution is -2.44. The van der Waals surface area contributed by atoms with E-state index in [9.17, 15) is 19.8 Å². The summed E-state index contributed by atoms with van der Waals surface area (Å²) in [7, 11) is 0. The van der Waals surface area contributed by atoms with Crippen molar-refractivity contribution >= 4 is 11.9 Å². The number of carboxylic acids is 2. The maximum absolute atomic E-state index is 12.0. The van der Waals surface area contributed by atoms with Crippen LogP contribution in [0.4, 0.5) is 0 Å². The first-order chi connectivity index (χ1) is 9.78. The lowest BCUT2D eigenvalue weighted by atomic mass is 9.64. The van der Waals surface area contributed by atoms with Crippen molar-refractivity contribution in [3.05, 3.63) is 0 Å². The maximum atomic E-state index is 12.0. The molecule has 2 N–H and O–H groups in total. The average Bonchev–Trinajstić information content (AvgIpc) is 2.47. The van der Waals surface area contributed by atoms with E-state index in [-0.39, 0.29) is 11.8 Å². The molecule has 124 valence electrons. The van der Waals surface area contributed by atoms with Crippen molar-refractivity contribution in [3.63, 3.8) is 0 Å². The Morgan fingerprint density at radius 2 is 1.19 bits per heavy atom. The van der Waals surface area contributed by atoms with Gasteiger partial charge in [-0.15, -0.1) is 0 Å². The molecule has 21 heavy (non-hydrogen) atoms. The topological polar surface area (TPSA) is 74.6 Å². The molecule has 1 unspecified atom stereocenters. The second-order valence-corrected chi connectivity index (χ2v) is 6.29. The van der Waals surface area contributed by atoms with Crippen LogP contribution in [0, 0.1) is 23.2 Å². The zero-order valence-corrected chi connectivity index (χ0v) is 14.2. The summed E-state index contributed by atoms with van der Waals surface area (Å²) >= 11 is 0. The fourth-order valence-corrected chi connectivity index (χ4v) is 3.22. The Balaban J connectivity index is 5.63. The fourth-order valence-electron chi connectivity index (χ4n) is 3.22. The molecule has 0 aromatic heterocycles. The highest BCUT2D eigenvalue weighted by atomic mass is 16.4. The van der Waals surface area contributed by atoms with Gasteiger partial charge in [0.25, 0.3) is 0 Å². The molecule has 1 atom stereocenters. The first-order valence-corrected chi connectivity index (χ1v) is 8.25. The number of carbonyl (C=O) groups is 2. The van der Waals surface area contributed by atoms with Gasteiger partial charge >= 0.3 is 11.9 Å². The van der Waals surface area contributed by atoms with Gasteiger partial charge in [0.15, 0.2) is 0 Å². The molecular weight excluding hydrogens is 268 g/mol. The van der Waals surface area contributed by atoms with Crippen molar-refractivity contribution < 1.29 is 19.8 Å². The molecule has 4 heteroatoms. The quantitative estimate of drug-likeness (QED) is 0.592. The summed E-state index contributed by atoms with van der Waals surface area (Å²) < 4.78 is 0.